The Morgan fingerprint density at radius 3 is 2.61 bits per heavy atom. The second-order valence-corrected chi connectivity index (χ2v) is 3.85. The van der Waals surface area contributed by atoms with Crippen LogP contribution in [0.3, 0.4) is 0 Å². The average Bonchev–Trinajstić information content (AvgIpc) is 2.38. The third kappa shape index (κ3) is 2.41. The molecule has 0 atom stereocenters. The lowest BCUT2D eigenvalue weighted by molar-refractivity contribution is 0.0690. The first-order valence-corrected chi connectivity index (χ1v) is 5.39. The molecule has 0 bridgehead atoms. The molecule has 1 heterocycles. The standard InChI is InChI=1S/C12H9ClN2O3/c1-18-7-2-3-8(9(13)4-7)10-5-15-11(6-14-10)12(16)17/h2-6H,1H3,(H,16,17). The zero-order valence-electron chi connectivity index (χ0n) is 9.42. The molecule has 0 saturated carbocycles. The lowest BCUT2D eigenvalue weighted by atomic mass is 10.1. The fourth-order valence-electron chi connectivity index (χ4n) is 1.41. The zero-order valence-corrected chi connectivity index (χ0v) is 10.2. The molecule has 0 saturated heterocycles. The number of carbonyl (C=O) groups is 1. The number of aromatic nitrogens is 2. The van der Waals surface area contributed by atoms with E-state index in [4.69, 9.17) is 21.4 Å². The van der Waals surface area contributed by atoms with Crippen molar-refractivity contribution in [1.82, 2.24) is 9.97 Å². The third-order valence-electron chi connectivity index (χ3n) is 2.32. The Kier molecular flexibility index (Phi) is 3.43. The van der Waals surface area contributed by atoms with Crippen molar-refractivity contribution in [3.05, 3.63) is 41.3 Å². The maximum atomic E-state index is 10.7. The lowest BCUT2D eigenvalue weighted by Crippen LogP contribution is -2.01. The summed E-state index contributed by atoms with van der Waals surface area (Å²) >= 11 is 6.08. The maximum Gasteiger partial charge on any atom is 0.356 e. The van der Waals surface area contributed by atoms with E-state index in [9.17, 15) is 4.79 Å². The van der Waals surface area contributed by atoms with Crippen LogP contribution in [0.25, 0.3) is 11.3 Å². The molecule has 0 aliphatic carbocycles. The van der Waals surface area contributed by atoms with Gasteiger partial charge in [0.25, 0.3) is 0 Å². The molecule has 0 spiro atoms. The van der Waals surface area contributed by atoms with Gasteiger partial charge in [-0.1, -0.05) is 11.6 Å². The summed E-state index contributed by atoms with van der Waals surface area (Å²) in [5, 5.41) is 9.19. The molecule has 1 aromatic heterocycles. The van der Waals surface area contributed by atoms with Crippen molar-refractivity contribution in [3.63, 3.8) is 0 Å². The monoisotopic (exact) mass is 264 g/mol. The van der Waals surface area contributed by atoms with E-state index in [1.54, 1.807) is 25.3 Å². The lowest BCUT2D eigenvalue weighted by Gasteiger charge is -2.05. The van der Waals surface area contributed by atoms with Gasteiger partial charge in [-0.05, 0) is 18.2 Å². The Bertz CT molecular complexity index is 584. The number of ether oxygens (including phenoxy) is 1. The van der Waals surface area contributed by atoms with Crippen LogP contribution in [-0.2, 0) is 0 Å². The number of nitrogens with zero attached hydrogens (tertiary/aromatic N) is 2. The number of hydrogen-bond donors (Lipinski definition) is 1. The second-order valence-electron chi connectivity index (χ2n) is 3.44. The molecule has 0 amide bonds. The normalized spacial score (nSPS) is 10.1. The van der Waals surface area contributed by atoms with Gasteiger partial charge in [0.2, 0.25) is 0 Å². The summed E-state index contributed by atoms with van der Waals surface area (Å²) in [6, 6.07) is 5.14. The van der Waals surface area contributed by atoms with E-state index >= 15 is 0 Å². The highest BCUT2D eigenvalue weighted by Crippen LogP contribution is 2.29. The highest BCUT2D eigenvalue weighted by atomic mass is 35.5. The Morgan fingerprint density at radius 2 is 2.11 bits per heavy atom. The smallest absolute Gasteiger partial charge is 0.356 e. The number of carboxylic acids is 1. The van der Waals surface area contributed by atoms with E-state index in [0.717, 1.165) is 0 Å². The van der Waals surface area contributed by atoms with Crippen LogP contribution in [-0.4, -0.2) is 28.2 Å². The number of carboxylic acid groups (broad SMARTS) is 1. The van der Waals surface area contributed by atoms with Gasteiger partial charge < -0.3 is 9.84 Å². The minimum absolute atomic E-state index is 0.108. The minimum Gasteiger partial charge on any atom is -0.497 e. The molecule has 1 aromatic carbocycles. The molecule has 0 aliphatic heterocycles. The molecule has 92 valence electrons. The summed E-state index contributed by atoms with van der Waals surface area (Å²) in [5.74, 6) is -0.478. The zero-order chi connectivity index (χ0) is 13.1. The molecule has 2 aromatic rings. The number of halogens is 1. The number of aromatic carboxylic acids is 1. The molecule has 5 nitrogen and oxygen atoms in total. The summed E-state index contributed by atoms with van der Waals surface area (Å²) in [6.07, 6.45) is 2.56. The van der Waals surface area contributed by atoms with Gasteiger partial charge in [-0.15, -0.1) is 0 Å². The number of rotatable bonds is 3. The minimum atomic E-state index is -1.12. The first-order chi connectivity index (χ1) is 8.61. The maximum absolute atomic E-state index is 10.7. The van der Waals surface area contributed by atoms with Gasteiger partial charge in [0.15, 0.2) is 5.69 Å². The Hall–Kier alpha value is -2.14. The number of methoxy groups -OCH3 is 1. The van der Waals surface area contributed by atoms with E-state index in [-0.39, 0.29) is 5.69 Å². The molecular formula is C12H9ClN2O3. The van der Waals surface area contributed by atoms with E-state index in [1.807, 2.05) is 0 Å². The third-order valence-corrected chi connectivity index (χ3v) is 2.64. The van der Waals surface area contributed by atoms with Crippen LogP contribution in [0.5, 0.6) is 5.75 Å². The summed E-state index contributed by atoms with van der Waals surface area (Å²) in [4.78, 5) is 18.5. The van der Waals surface area contributed by atoms with Crippen LogP contribution >= 0.6 is 11.6 Å². The topological polar surface area (TPSA) is 72.3 Å². The van der Waals surface area contributed by atoms with Crippen molar-refractivity contribution >= 4 is 17.6 Å². The molecule has 2 rings (SSSR count). The summed E-state index contributed by atoms with van der Waals surface area (Å²) < 4.78 is 5.04. The van der Waals surface area contributed by atoms with Gasteiger partial charge in [-0.25, -0.2) is 9.78 Å². The fourth-order valence-corrected chi connectivity index (χ4v) is 1.68. The van der Waals surface area contributed by atoms with Crippen LogP contribution in [0.4, 0.5) is 0 Å². The molecular weight excluding hydrogens is 256 g/mol. The molecule has 0 aliphatic rings. The summed E-state index contributed by atoms with van der Waals surface area (Å²) in [6.45, 7) is 0. The average molecular weight is 265 g/mol. The largest absolute Gasteiger partial charge is 0.497 e. The first-order valence-electron chi connectivity index (χ1n) is 5.01. The Labute approximate surface area is 108 Å². The van der Waals surface area contributed by atoms with E-state index in [2.05, 4.69) is 9.97 Å². The summed E-state index contributed by atoms with van der Waals surface area (Å²) in [5.41, 5.74) is 1.07. The fraction of sp³-hybridized carbons (Fsp3) is 0.0833. The van der Waals surface area contributed by atoms with Crippen molar-refractivity contribution < 1.29 is 14.6 Å². The Balaban J connectivity index is 2.39. The first kappa shape index (κ1) is 12.3. The van der Waals surface area contributed by atoms with Crippen molar-refractivity contribution in [2.24, 2.45) is 0 Å². The quantitative estimate of drug-likeness (QED) is 0.922. The molecule has 0 fully saturated rings. The number of benzene rings is 1. The van der Waals surface area contributed by atoms with Crippen LogP contribution in [0.1, 0.15) is 10.5 Å². The van der Waals surface area contributed by atoms with Crippen LogP contribution in [0.2, 0.25) is 5.02 Å². The van der Waals surface area contributed by atoms with Gasteiger partial charge in [-0.2, -0.15) is 0 Å². The highest BCUT2D eigenvalue weighted by molar-refractivity contribution is 6.33. The van der Waals surface area contributed by atoms with Crippen LogP contribution in [0.15, 0.2) is 30.6 Å². The van der Waals surface area contributed by atoms with Gasteiger partial charge in [0.05, 0.1) is 30.2 Å². The molecule has 18 heavy (non-hydrogen) atoms. The predicted octanol–water partition coefficient (Wildman–Crippen LogP) is 2.50. The van der Waals surface area contributed by atoms with Gasteiger partial charge in [0.1, 0.15) is 5.75 Å². The predicted molar refractivity (Wildman–Crippen MR) is 66.0 cm³/mol. The molecule has 0 radical (unpaired) electrons. The van der Waals surface area contributed by atoms with Gasteiger partial charge in [0, 0.05) is 5.56 Å². The van der Waals surface area contributed by atoms with Crippen LogP contribution in [0, 0.1) is 0 Å². The van der Waals surface area contributed by atoms with Crippen molar-refractivity contribution in [2.75, 3.05) is 7.11 Å². The highest BCUT2D eigenvalue weighted by Gasteiger charge is 2.09. The van der Waals surface area contributed by atoms with Crippen molar-refractivity contribution in [3.8, 4) is 17.0 Å². The van der Waals surface area contributed by atoms with Gasteiger partial charge >= 0.3 is 5.97 Å². The SMILES string of the molecule is COc1ccc(-c2cnc(C(=O)O)cn2)c(Cl)c1. The van der Waals surface area contributed by atoms with E-state index in [0.29, 0.717) is 22.0 Å². The summed E-state index contributed by atoms with van der Waals surface area (Å²) in [7, 11) is 1.55. The van der Waals surface area contributed by atoms with E-state index in [1.165, 1.54) is 12.4 Å². The molecule has 0 unspecified atom stereocenters. The second kappa shape index (κ2) is 5.01. The van der Waals surface area contributed by atoms with Crippen molar-refractivity contribution in [1.29, 1.82) is 0 Å². The Morgan fingerprint density at radius 1 is 1.33 bits per heavy atom. The van der Waals surface area contributed by atoms with Crippen LogP contribution < -0.4 is 4.74 Å². The molecule has 1 N–H and O–H groups in total. The van der Waals surface area contributed by atoms with E-state index < -0.39 is 5.97 Å². The van der Waals surface area contributed by atoms with Gasteiger partial charge in [-0.3, -0.25) is 4.98 Å². The molecule has 6 heteroatoms. The van der Waals surface area contributed by atoms with Crippen molar-refractivity contribution in [2.45, 2.75) is 0 Å². The number of hydrogen-bond acceptors (Lipinski definition) is 4.